The summed E-state index contributed by atoms with van der Waals surface area (Å²) in [5.41, 5.74) is 0. The van der Waals surface area contributed by atoms with Gasteiger partial charge in [0.2, 0.25) is 0 Å². The van der Waals surface area contributed by atoms with Gasteiger partial charge in [-0.05, 0) is 63.2 Å². The summed E-state index contributed by atoms with van der Waals surface area (Å²) >= 11 is 0. The van der Waals surface area contributed by atoms with E-state index in [1.807, 2.05) is 6.92 Å². The van der Waals surface area contributed by atoms with Crippen LogP contribution in [0.5, 0.6) is 0 Å². The number of hydrogen-bond donors (Lipinski definition) is 3. The fourth-order valence-corrected chi connectivity index (χ4v) is 4.21. The van der Waals surface area contributed by atoms with Crippen molar-refractivity contribution in [2.75, 3.05) is 6.61 Å². The lowest BCUT2D eigenvalue weighted by Crippen LogP contribution is -2.07. The Hall–Kier alpha value is -0.450. The van der Waals surface area contributed by atoms with E-state index < -0.39 is 0 Å². The SMILES string of the molecule is CC1CCCC1=O.CC1CCCC1O.OC1CCCC1.OCC1CCCC1. The van der Waals surface area contributed by atoms with E-state index in [2.05, 4.69) is 6.92 Å². The lowest BCUT2D eigenvalue weighted by atomic mass is 10.1. The molecule has 0 heterocycles. The molecule has 0 aromatic carbocycles. The number of rotatable bonds is 1. The zero-order valence-electron chi connectivity index (χ0n) is 17.7. The standard InChI is InChI=1S/C6H12O.C6H10O.C6H12O.C5H10O/c2*1-5-3-2-4-6(5)7;7-5-6-3-1-2-4-6;6-5-3-1-2-4-5/h5-7H,2-4H2,1H3;5H,2-4H2,1H3;6-7H,1-5H2;5-6H,1-4H2. The summed E-state index contributed by atoms with van der Waals surface area (Å²) in [6, 6.07) is 0. The minimum Gasteiger partial charge on any atom is -0.396 e. The maximum absolute atomic E-state index is 10.6. The second-order valence-corrected chi connectivity index (χ2v) is 9.01. The summed E-state index contributed by atoms with van der Waals surface area (Å²) in [5, 5.41) is 26.3. The lowest BCUT2D eigenvalue weighted by molar-refractivity contribution is -0.120. The van der Waals surface area contributed by atoms with Crippen LogP contribution in [-0.2, 0) is 4.79 Å². The average Bonchev–Trinajstić information content (AvgIpc) is 3.44. The number of ketones is 1. The number of aliphatic hydroxyl groups is 3. The number of carbonyl (C=O) groups excluding carboxylic acids is 1. The first-order chi connectivity index (χ1) is 12.9. The van der Waals surface area contributed by atoms with Crippen LogP contribution in [0, 0.1) is 17.8 Å². The van der Waals surface area contributed by atoms with Crippen LogP contribution in [0.1, 0.15) is 104 Å². The molecular weight excluding hydrogens is 340 g/mol. The molecule has 0 aliphatic heterocycles. The molecule has 3 unspecified atom stereocenters. The maximum Gasteiger partial charge on any atom is 0.135 e. The number of hydrogen-bond acceptors (Lipinski definition) is 4. The molecule has 4 heteroatoms. The van der Waals surface area contributed by atoms with Gasteiger partial charge in [0.05, 0.1) is 12.2 Å². The molecule has 4 aliphatic rings. The molecule has 4 aliphatic carbocycles. The molecule has 0 saturated heterocycles. The normalized spacial score (nSPS) is 30.9. The van der Waals surface area contributed by atoms with Crippen LogP contribution in [0.3, 0.4) is 0 Å². The van der Waals surface area contributed by atoms with E-state index in [1.165, 1.54) is 51.4 Å². The highest BCUT2D eigenvalue weighted by Gasteiger charge is 2.19. The average molecular weight is 385 g/mol. The van der Waals surface area contributed by atoms with Gasteiger partial charge in [-0.25, -0.2) is 0 Å². The molecule has 0 aromatic heterocycles. The molecule has 3 atom stereocenters. The van der Waals surface area contributed by atoms with Crippen LogP contribution < -0.4 is 0 Å². The van der Waals surface area contributed by atoms with Gasteiger partial charge in [-0.2, -0.15) is 0 Å². The van der Waals surface area contributed by atoms with Crippen LogP contribution in [-0.4, -0.2) is 39.9 Å². The fraction of sp³-hybridized carbons (Fsp3) is 0.957. The zero-order valence-corrected chi connectivity index (χ0v) is 17.7. The van der Waals surface area contributed by atoms with Gasteiger partial charge < -0.3 is 15.3 Å². The van der Waals surface area contributed by atoms with Gasteiger partial charge >= 0.3 is 0 Å². The molecule has 27 heavy (non-hydrogen) atoms. The molecule has 4 fully saturated rings. The van der Waals surface area contributed by atoms with Gasteiger partial charge in [-0.1, -0.05) is 46.0 Å². The molecule has 160 valence electrons. The Bertz CT molecular complexity index is 365. The van der Waals surface area contributed by atoms with Crippen LogP contribution in [0.15, 0.2) is 0 Å². The van der Waals surface area contributed by atoms with E-state index in [4.69, 9.17) is 15.3 Å². The van der Waals surface area contributed by atoms with E-state index in [0.717, 1.165) is 38.5 Å². The molecule has 3 N–H and O–H groups in total. The van der Waals surface area contributed by atoms with E-state index in [-0.39, 0.29) is 12.2 Å². The number of Topliss-reactive ketones (excluding diaryl/α,β-unsaturated/α-hetero) is 1. The molecule has 0 spiro atoms. The summed E-state index contributed by atoms with van der Waals surface area (Å²) in [6.45, 7) is 4.53. The summed E-state index contributed by atoms with van der Waals surface area (Å²) in [5.74, 6) is 2.06. The fourth-order valence-electron chi connectivity index (χ4n) is 4.21. The Kier molecular flexibility index (Phi) is 13.2. The second kappa shape index (κ2) is 14.5. The van der Waals surface area contributed by atoms with Gasteiger partial charge in [0.25, 0.3) is 0 Å². The molecule has 0 amide bonds. The van der Waals surface area contributed by atoms with Crippen LogP contribution in [0.25, 0.3) is 0 Å². The van der Waals surface area contributed by atoms with Crippen LogP contribution in [0.2, 0.25) is 0 Å². The van der Waals surface area contributed by atoms with Gasteiger partial charge in [0.15, 0.2) is 0 Å². The van der Waals surface area contributed by atoms with E-state index in [0.29, 0.717) is 30.1 Å². The third kappa shape index (κ3) is 11.2. The molecule has 4 saturated carbocycles. The van der Waals surface area contributed by atoms with Crippen LogP contribution in [0.4, 0.5) is 0 Å². The highest BCUT2D eigenvalue weighted by Crippen LogP contribution is 2.24. The van der Waals surface area contributed by atoms with Crippen molar-refractivity contribution in [2.24, 2.45) is 17.8 Å². The third-order valence-corrected chi connectivity index (χ3v) is 6.48. The van der Waals surface area contributed by atoms with Gasteiger partial charge in [-0.3, -0.25) is 4.79 Å². The van der Waals surface area contributed by atoms with Crippen molar-refractivity contribution in [1.82, 2.24) is 0 Å². The Morgan fingerprint density at radius 3 is 1.56 bits per heavy atom. The summed E-state index contributed by atoms with van der Waals surface area (Å²) in [7, 11) is 0. The molecule has 0 aromatic rings. The van der Waals surface area contributed by atoms with Gasteiger partial charge in [0, 0.05) is 18.9 Å². The molecule has 4 nitrogen and oxygen atoms in total. The van der Waals surface area contributed by atoms with Crippen molar-refractivity contribution in [3.63, 3.8) is 0 Å². The number of aliphatic hydroxyl groups excluding tert-OH is 3. The topological polar surface area (TPSA) is 77.8 Å². The first kappa shape index (κ1) is 24.6. The van der Waals surface area contributed by atoms with E-state index >= 15 is 0 Å². The van der Waals surface area contributed by atoms with Crippen molar-refractivity contribution < 1.29 is 20.1 Å². The molecule has 0 bridgehead atoms. The summed E-state index contributed by atoms with van der Waals surface area (Å²) in [6.07, 6.45) is 16.4. The Labute approximate surface area is 166 Å². The second-order valence-electron chi connectivity index (χ2n) is 9.01. The van der Waals surface area contributed by atoms with Gasteiger partial charge in [0.1, 0.15) is 5.78 Å². The number of carbonyl (C=O) groups is 1. The minimum absolute atomic E-state index is 0.0139. The van der Waals surface area contributed by atoms with Crippen molar-refractivity contribution in [1.29, 1.82) is 0 Å². The van der Waals surface area contributed by atoms with Crippen molar-refractivity contribution in [3.05, 3.63) is 0 Å². The largest absolute Gasteiger partial charge is 0.396 e. The van der Waals surface area contributed by atoms with E-state index in [1.54, 1.807) is 0 Å². The van der Waals surface area contributed by atoms with Crippen molar-refractivity contribution >= 4 is 5.78 Å². The lowest BCUT2D eigenvalue weighted by Gasteiger charge is -2.04. The predicted molar refractivity (Wildman–Crippen MR) is 111 cm³/mol. The predicted octanol–water partition coefficient (Wildman–Crippen LogP) is 4.63. The Morgan fingerprint density at radius 1 is 0.778 bits per heavy atom. The molecule has 4 rings (SSSR count). The zero-order chi connectivity index (χ0) is 20.1. The summed E-state index contributed by atoms with van der Waals surface area (Å²) < 4.78 is 0. The highest BCUT2D eigenvalue weighted by molar-refractivity contribution is 5.82. The first-order valence-corrected chi connectivity index (χ1v) is 11.4. The van der Waals surface area contributed by atoms with Crippen LogP contribution >= 0.6 is 0 Å². The first-order valence-electron chi connectivity index (χ1n) is 11.4. The summed E-state index contributed by atoms with van der Waals surface area (Å²) in [4.78, 5) is 10.6. The highest BCUT2D eigenvalue weighted by atomic mass is 16.3. The third-order valence-electron chi connectivity index (χ3n) is 6.48. The Morgan fingerprint density at radius 2 is 1.37 bits per heavy atom. The van der Waals surface area contributed by atoms with Crippen molar-refractivity contribution in [3.8, 4) is 0 Å². The monoisotopic (exact) mass is 384 g/mol. The smallest absolute Gasteiger partial charge is 0.135 e. The maximum atomic E-state index is 10.6. The van der Waals surface area contributed by atoms with E-state index in [9.17, 15) is 4.79 Å². The Balaban J connectivity index is 0.000000180. The quantitative estimate of drug-likeness (QED) is 0.616. The molecular formula is C23H44O4. The van der Waals surface area contributed by atoms with Gasteiger partial charge in [-0.15, -0.1) is 0 Å². The minimum atomic E-state index is 0.0139. The molecule has 0 radical (unpaired) electrons. The van der Waals surface area contributed by atoms with Crippen molar-refractivity contribution in [2.45, 2.75) is 116 Å².